The fraction of sp³-hybridized carbons (Fsp3) is 0.640. The van der Waals surface area contributed by atoms with Gasteiger partial charge in [0.1, 0.15) is 17.1 Å². The summed E-state index contributed by atoms with van der Waals surface area (Å²) in [6.45, 7) is 4.78. The summed E-state index contributed by atoms with van der Waals surface area (Å²) in [7, 11) is 3.90. The van der Waals surface area contributed by atoms with E-state index in [1.165, 1.54) is 41.5 Å². The topological polar surface area (TPSA) is 206 Å². The first-order valence-corrected chi connectivity index (χ1v) is 16.2. The molecule has 1 unspecified atom stereocenters. The normalized spacial score (nSPS) is 18.6. The number of nitrogens with two attached hydrogens (primary N) is 1. The summed E-state index contributed by atoms with van der Waals surface area (Å²) in [6.07, 6.45) is 2.82. The number of carbonyl (C=O) groups is 4. The molecule has 0 radical (unpaired) electrons. The molecule has 2 amide bonds. The number of esters is 2. The summed E-state index contributed by atoms with van der Waals surface area (Å²) < 4.78 is 12.5. The Kier molecular flexibility index (Phi) is 11.6. The fourth-order valence-electron chi connectivity index (χ4n) is 4.44. The number of hydrogen-bond donors (Lipinski definition) is 2. The van der Waals surface area contributed by atoms with Gasteiger partial charge in [-0.3, -0.25) is 19.3 Å². The lowest BCUT2D eigenvalue weighted by Crippen LogP contribution is -2.70. The van der Waals surface area contributed by atoms with Crippen LogP contribution in [0.1, 0.15) is 45.2 Å². The monoisotopic (exact) mass is 651 g/mol. The lowest BCUT2D eigenvalue weighted by molar-refractivity contribution is -0.184. The van der Waals surface area contributed by atoms with Crippen LogP contribution >= 0.6 is 23.5 Å². The highest BCUT2D eigenvalue weighted by molar-refractivity contribution is 8.01. The third-order valence-corrected chi connectivity index (χ3v) is 9.03. The van der Waals surface area contributed by atoms with E-state index in [1.54, 1.807) is 4.68 Å². The third-order valence-electron chi connectivity index (χ3n) is 6.64. The number of carbonyl (C=O) groups excluding carboxylic acids is 4. The minimum atomic E-state index is -1.16. The molecule has 0 spiro atoms. The van der Waals surface area contributed by atoms with Gasteiger partial charge in [-0.1, -0.05) is 36.4 Å². The van der Waals surface area contributed by atoms with Crippen molar-refractivity contribution >= 4 is 47.3 Å². The quantitative estimate of drug-likeness (QED) is 0.0588. The van der Waals surface area contributed by atoms with Crippen LogP contribution in [0.3, 0.4) is 0 Å². The Labute approximate surface area is 262 Å². The Bertz CT molecular complexity index is 1380. The maximum Gasteiger partial charge on any atom is 0.358 e. The maximum absolute atomic E-state index is 13.5. The summed E-state index contributed by atoms with van der Waals surface area (Å²) >= 11 is 2.74. The minimum Gasteiger partial charge on any atom is -0.425 e. The van der Waals surface area contributed by atoms with Gasteiger partial charge in [-0.05, 0) is 36.5 Å². The highest BCUT2D eigenvalue weighted by Gasteiger charge is 2.54. The van der Waals surface area contributed by atoms with Crippen LogP contribution in [-0.4, -0.2) is 119 Å². The first-order valence-electron chi connectivity index (χ1n) is 14.1. The first-order chi connectivity index (χ1) is 21.1. The molecular formula is C25H37N11O6S2. The predicted octanol–water partition coefficient (Wildman–Crippen LogP) is -0.458. The van der Waals surface area contributed by atoms with Gasteiger partial charge in [0.25, 0.3) is 5.91 Å². The van der Waals surface area contributed by atoms with Gasteiger partial charge in [0, 0.05) is 31.4 Å². The molecule has 0 bridgehead atoms. The molecule has 3 N–H and O–H groups in total. The van der Waals surface area contributed by atoms with Crippen LogP contribution < -0.4 is 11.2 Å². The van der Waals surface area contributed by atoms with Crippen molar-refractivity contribution in [1.82, 2.24) is 50.4 Å². The van der Waals surface area contributed by atoms with Crippen LogP contribution in [0.2, 0.25) is 0 Å². The Morgan fingerprint density at radius 3 is 2.77 bits per heavy atom. The highest BCUT2D eigenvalue weighted by Crippen LogP contribution is 2.42. The number of tetrazole rings is 1. The number of fused-ring (bicyclic) bond motifs is 1. The van der Waals surface area contributed by atoms with Crippen molar-refractivity contribution < 1.29 is 28.7 Å². The molecule has 19 heteroatoms. The minimum absolute atomic E-state index is 0.0593. The van der Waals surface area contributed by atoms with Crippen molar-refractivity contribution in [1.29, 1.82) is 0 Å². The number of β-lactam (4-membered cyclic amide) rings is 1. The number of unbranched alkanes of at least 4 members (excludes halogenated alkanes) is 2. The molecule has 0 aromatic carbocycles. The van der Waals surface area contributed by atoms with Crippen LogP contribution in [-0.2, 0) is 41.6 Å². The Morgan fingerprint density at radius 2 is 2.07 bits per heavy atom. The predicted molar refractivity (Wildman–Crippen MR) is 159 cm³/mol. The van der Waals surface area contributed by atoms with E-state index < -0.39 is 41.5 Å². The fourth-order valence-corrected chi connectivity index (χ4v) is 6.83. The number of nitrogens with one attached hydrogen (secondary N) is 1. The van der Waals surface area contributed by atoms with Crippen LogP contribution in [0.4, 0.5) is 0 Å². The van der Waals surface area contributed by atoms with E-state index in [-0.39, 0.29) is 18.5 Å². The molecule has 2 aromatic rings. The molecule has 2 aromatic heterocycles. The lowest BCUT2D eigenvalue weighted by atomic mass is 10.0. The molecule has 4 heterocycles. The van der Waals surface area contributed by atoms with Crippen molar-refractivity contribution in [2.75, 3.05) is 38.0 Å². The number of amides is 2. The van der Waals surface area contributed by atoms with Crippen molar-refractivity contribution in [2.24, 2.45) is 0 Å². The molecule has 1 fully saturated rings. The van der Waals surface area contributed by atoms with Crippen LogP contribution in [0.15, 0.2) is 22.6 Å². The largest absolute Gasteiger partial charge is 0.425 e. The van der Waals surface area contributed by atoms with Gasteiger partial charge >= 0.3 is 11.9 Å². The standard InChI is InChI=1S/C25H37N11O6S2/c1-5-6-7-8-19(38)41-15(2)42-24(40)21-16(14-44-25-29-31-32-34(25)10-9-33(3)4)13-43-23-20(22(39)35(21)23)28-18(37)11-17-12-27-36(26)30-17/h12,15,20,23H,5-11,13-14,26H2,1-4H3,(H,28,37)/t15?,20-,23-/m1/s1. The zero-order valence-electron chi connectivity index (χ0n) is 25.0. The zero-order valence-corrected chi connectivity index (χ0v) is 26.7. The molecule has 0 saturated carbocycles. The summed E-state index contributed by atoms with van der Waals surface area (Å²) in [4.78, 5) is 55.9. The van der Waals surface area contributed by atoms with Crippen molar-refractivity contribution in [2.45, 2.75) is 75.4 Å². The smallest absolute Gasteiger partial charge is 0.358 e. The molecule has 4 rings (SSSR count). The second kappa shape index (κ2) is 15.3. The van der Waals surface area contributed by atoms with E-state index in [0.717, 1.165) is 24.3 Å². The average molecular weight is 652 g/mol. The number of thioether (sulfide) groups is 2. The summed E-state index contributed by atoms with van der Waals surface area (Å²) in [5, 5.41) is 22.3. The van der Waals surface area contributed by atoms with Gasteiger partial charge < -0.3 is 25.5 Å². The van der Waals surface area contributed by atoms with E-state index in [1.807, 2.05) is 25.9 Å². The van der Waals surface area contributed by atoms with E-state index in [4.69, 9.17) is 15.3 Å². The molecule has 17 nitrogen and oxygen atoms in total. The van der Waals surface area contributed by atoms with Crippen molar-refractivity contribution in [3.05, 3.63) is 23.2 Å². The number of likely N-dealkylation sites (N-methyl/N-ethyl adjacent to an activating group) is 1. The second-order valence-electron chi connectivity index (χ2n) is 10.4. The summed E-state index contributed by atoms with van der Waals surface area (Å²) in [5.41, 5.74) is 1.03. The molecule has 3 atom stereocenters. The molecule has 2 aliphatic rings. The van der Waals surface area contributed by atoms with Crippen molar-refractivity contribution in [3.8, 4) is 0 Å². The number of nitrogens with zero attached hydrogens (tertiary/aromatic N) is 9. The van der Waals surface area contributed by atoms with Gasteiger partial charge in [0.05, 0.1) is 24.9 Å². The number of aromatic nitrogens is 7. The third kappa shape index (κ3) is 8.47. The SMILES string of the molecule is CCCCCC(=O)OC(C)OC(=O)C1=C(CSc2nnnn2CCN(C)C)CS[C@@H]2[C@H](NC(=O)Cc3cnn(N)n3)C(=O)N12. The molecule has 0 aliphatic carbocycles. The van der Waals surface area contributed by atoms with E-state index in [0.29, 0.717) is 40.9 Å². The molecular weight excluding hydrogens is 614 g/mol. The van der Waals surface area contributed by atoms with Crippen molar-refractivity contribution in [3.63, 3.8) is 0 Å². The molecule has 44 heavy (non-hydrogen) atoms. The van der Waals surface area contributed by atoms with E-state index in [9.17, 15) is 19.2 Å². The highest BCUT2D eigenvalue weighted by atomic mass is 32.2. The Hall–Kier alpha value is -3.71. The molecule has 1 saturated heterocycles. The second-order valence-corrected chi connectivity index (χ2v) is 12.5. The van der Waals surface area contributed by atoms with Gasteiger partial charge in [-0.2, -0.15) is 0 Å². The van der Waals surface area contributed by atoms with Crippen LogP contribution in [0.5, 0.6) is 0 Å². The summed E-state index contributed by atoms with van der Waals surface area (Å²) in [5.74, 6) is 3.95. The number of rotatable bonds is 16. The molecule has 240 valence electrons. The van der Waals surface area contributed by atoms with Gasteiger partial charge in [-0.25, -0.2) is 9.48 Å². The first kappa shape index (κ1) is 33.2. The Morgan fingerprint density at radius 1 is 1.27 bits per heavy atom. The Balaban J connectivity index is 1.47. The van der Waals surface area contributed by atoms with Crippen LogP contribution in [0.25, 0.3) is 0 Å². The van der Waals surface area contributed by atoms with Gasteiger partial charge in [0.2, 0.25) is 17.4 Å². The number of nitrogen functional groups attached to an aromatic ring is 1. The zero-order chi connectivity index (χ0) is 31.8. The summed E-state index contributed by atoms with van der Waals surface area (Å²) in [6, 6.07) is -0.857. The van der Waals surface area contributed by atoms with Gasteiger partial charge in [-0.15, -0.1) is 27.1 Å². The van der Waals surface area contributed by atoms with Crippen LogP contribution in [0, 0.1) is 0 Å². The number of hydrogen-bond acceptors (Lipinski definition) is 15. The van der Waals surface area contributed by atoms with E-state index in [2.05, 4.69) is 31.0 Å². The van der Waals surface area contributed by atoms with E-state index >= 15 is 0 Å². The maximum atomic E-state index is 13.5. The lowest BCUT2D eigenvalue weighted by Gasteiger charge is -2.49. The molecule has 2 aliphatic heterocycles. The number of ether oxygens (including phenoxy) is 2. The van der Waals surface area contributed by atoms with Gasteiger partial charge in [0.15, 0.2) is 0 Å². The average Bonchev–Trinajstić information content (AvgIpc) is 3.60.